The molecular formula is C12H13Br. The second-order valence-electron chi connectivity index (χ2n) is 4.20. The molecule has 1 aromatic rings. The monoisotopic (exact) mass is 236 g/mol. The van der Waals surface area contributed by atoms with Crippen LogP contribution in [0, 0.1) is 0 Å². The lowest BCUT2D eigenvalue weighted by Crippen LogP contribution is -1.90. The van der Waals surface area contributed by atoms with Crippen LogP contribution in [0.3, 0.4) is 0 Å². The van der Waals surface area contributed by atoms with Crippen LogP contribution in [-0.4, -0.2) is 0 Å². The Labute approximate surface area is 87.5 Å². The van der Waals surface area contributed by atoms with Crippen LogP contribution in [-0.2, 0) is 6.42 Å². The molecule has 0 spiro atoms. The van der Waals surface area contributed by atoms with Gasteiger partial charge in [0.2, 0.25) is 0 Å². The molecule has 1 aromatic carbocycles. The Hall–Kier alpha value is -0.300. The summed E-state index contributed by atoms with van der Waals surface area (Å²) in [5.41, 5.74) is 4.87. The third kappa shape index (κ3) is 1.25. The molecule has 1 fully saturated rings. The zero-order valence-electron chi connectivity index (χ0n) is 7.59. The van der Waals surface area contributed by atoms with Gasteiger partial charge in [-0.2, -0.15) is 0 Å². The summed E-state index contributed by atoms with van der Waals surface area (Å²) < 4.78 is 0. The minimum absolute atomic E-state index is 0.626. The van der Waals surface area contributed by atoms with Gasteiger partial charge in [0.1, 0.15) is 0 Å². The summed E-state index contributed by atoms with van der Waals surface area (Å²) in [7, 11) is 0. The van der Waals surface area contributed by atoms with E-state index in [-0.39, 0.29) is 0 Å². The number of benzene rings is 1. The summed E-state index contributed by atoms with van der Waals surface area (Å²) in [6, 6.07) is 6.85. The average Bonchev–Trinajstić information content (AvgIpc) is 2.92. The lowest BCUT2D eigenvalue weighted by Gasteiger charge is -2.07. The minimum Gasteiger partial charge on any atom is -0.0839 e. The van der Waals surface area contributed by atoms with Crippen LogP contribution < -0.4 is 0 Å². The quantitative estimate of drug-likeness (QED) is 0.649. The number of hydrogen-bond acceptors (Lipinski definition) is 0. The molecule has 13 heavy (non-hydrogen) atoms. The van der Waals surface area contributed by atoms with Crippen LogP contribution in [0.15, 0.2) is 18.2 Å². The zero-order chi connectivity index (χ0) is 8.84. The van der Waals surface area contributed by atoms with Gasteiger partial charge in [0.25, 0.3) is 0 Å². The number of alkyl halides is 1. The summed E-state index contributed by atoms with van der Waals surface area (Å²) in [4.78, 5) is 0.626. The van der Waals surface area contributed by atoms with Gasteiger partial charge in [0.15, 0.2) is 0 Å². The second-order valence-corrected chi connectivity index (χ2v) is 5.30. The predicted molar refractivity (Wildman–Crippen MR) is 58.4 cm³/mol. The van der Waals surface area contributed by atoms with Crippen LogP contribution in [0.1, 0.15) is 46.7 Å². The molecule has 0 nitrogen and oxygen atoms in total. The minimum atomic E-state index is 0.626. The summed E-state index contributed by atoms with van der Waals surface area (Å²) in [5, 5.41) is 0. The highest BCUT2D eigenvalue weighted by Gasteiger charge is 2.30. The maximum Gasteiger partial charge on any atom is 0.0401 e. The van der Waals surface area contributed by atoms with E-state index in [2.05, 4.69) is 34.1 Å². The van der Waals surface area contributed by atoms with Gasteiger partial charge in [-0.1, -0.05) is 34.1 Å². The Kier molecular flexibility index (Phi) is 1.76. The fraction of sp³-hybridized carbons (Fsp3) is 0.500. The van der Waals surface area contributed by atoms with Gasteiger partial charge in [0.05, 0.1) is 0 Å². The SMILES string of the molecule is BrC1CCc2c1cccc2C1CC1. The largest absolute Gasteiger partial charge is 0.0839 e. The standard InChI is InChI=1S/C12H13Br/c13-12-7-6-10-9(8-4-5-8)2-1-3-11(10)12/h1-3,8,12H,4-7H2. The van der Waals surface area contributed by atoms with Crippen LogP contribution >= 0.6 is 15.9 Å². The number of fused-ring (bicyclic) bond motifs is 1. The maximum atomic E-state index is 3.74. The Morgan fingerprint density at radius 1 is 1.08 bits per heavy atom. The van der Waals surface area contributed by atoms with E-state index in [1.165, 1.54) is 25.7 Å². The van der Waals surface area contributed by atoms with E-state index in [4.69, 9.17) is 0 Å². The van der Waals surface area contributed by atoms with Crippen molar-refractivity contribution in [1.29, 1.82) is 0 Å². The van der Waals surface area contributed by atoms with Gasteiger partial charge in [-0.05, 0) is 48.3 Å². The highest BCUT2D eigenvalue weighted by molar-refractivity contribution is 9.09. The fourth-order valence-corrected chi connectivity index (χ4v) is 3.07. The van der Waals surface area contributed by atoms with Crippen LogP contribution in [0.25, 0.3) is 0 Å². The molecule has 1 unspecified atom stereocenters. The van der Waals surface area contributed by atoms with Gasteiger partial charge in [0, 0.05) is 4.83 Å². The first kappa shape index (κ1) is 8.05. The van der Waals surface area contributed by atoms with Crippen molar-refractivity contribution in [2.75, 3.05) is 0 Å². The highest BCUT2D eigenvalue weighted by Crippen LogP contribution is 2.47. The molecular weight excluding hydrogens is 224 g/mol. The molecule has 1 saturated carbocycles. The lowest BCUT2D eigenvalue weighted by atomic mass is 10.00. The van der Waals surface area contributed by atoms with Crippen LogP contribution in [0.4, 0.5) is 0 Å². The molecule has 2 aliphatic carbocycles. The summed E-state index contributed by atoms with van der Waals surface area (Å²) >= 11 is 3.74. The molecule has 68 valence electrons. The molecule has 0 amide bonds. The van der Waals surface area contributed by atoms with Crippen LogP contribution in [0.5, 0.6) is 0 Å². The zero-order valence-corrected chi connectivity index (χ0v) is 9.18. The topological polar surface area (TPSA) is 0 Å². The van der Waals surface area contributed by atoms with E-state index < -0.39 is 0 Å². The van der Waals surface area contributed by atoms with Gasteiger partial charge in [-0.25, -0.2) is 0 Å². The average molecular weight is 237 g/mol. The van der Waals surface area contributed by atoms with E-state index in [1.807, 2.05) is 0 Å². The Morgan fingerprint density at radius 3 is 2.62 bits per heavy atom. The Morgan fingerprint density at radius 2 is 1.85 bits per heavy atom. The van der Waals surface area contributed by atoms with E-state index in [9.17, 15) is 0 Å². The van der Waals surface area contributed by atoms with Crippen molar-refractivity contribution in [1.82, 2.24) is 0 Å². The van der Waals surface area contributed by atoms with Crippen molar-refractivity contribution in [2.45, 2.75) is 36.4 Å². The normalized spacial score (nSPS) is 26.1. The van der Waals surface area contributed by atoms with Crippen molar-refractivity contribution >= 4 is 15.9 Å². The van der Waals surface area contributed by atoms with Crippen molar-refractivity contribution in [3.8, 4) is 0 Å². The van der Waals surface area contributed by atoms with E-state index in [1.54, 1.807) is 16.7 Å². The molecule has 0 aromatic heterocycles. The van der Waals surface area contributed by atoms with Crippen molar-refractivity contribution in [2.24, 2.45) is 0 Å². The lowest BCUT2D eigenvalue weighted by molar-refractivity contribution is 0.897. The molecule has 1 heteroatoms. The summed E-state index contributed by atoms with van der Waals surface area (Å²) in [5.74, 6) is 0.910. The molecule has 0 saturated heterocycles. The predicted octanol–water partition coefficient (Wildman–Crippen LogP) is 3.95. The smallest absolute Gasteiger partial charge is 0.0401 e. The summed E-state index contributed by atoms with van der Waals surface area (Å²) in [6.45, 7) is 0. The maximum absolute atomic E-state index is 3.74. The molecule has 1 atom stereocenters. The molecule has 0 radical (unpaired) electrons. The van der Waals surface area contributed by atoms with E-state index in [0.29, 0.717) is 4.83 Å². The van der Waals surface area contributed by atoms with Crippen LogP contribution in [0.2, 0.25) is 0 Å². The van der Waals surface area contributed by atoms with E-state index in [0.717, 1.165) is 5.92 Å². The van der Waals surface area contributed by atoms with Gasteiger partial charge < -0.3 is 0 Å². The fourth-order valence-electron chi connectivity index (χ4n) is 2.41. The first-order valence-electron chi connectivity index (χ1n) is 5.12. The third-order valence-corrected chi connectivity index (χ3v) is 4.20. The number of rotatable bonds is 1. The van der Waals surface area contributed by atoms with Crippen molar-refractivity contribution in [3.05, 3.63) is 34.9 Å². The van der Waals surface area contributed by atoms with Gasteiger partial charge in [-0.3, -0.25) is 0 Å². The first-order valence-corrected chi connectivity index (χ1v) is 6.03. The van der Waals surface area contributed by atoms with Crippen molar-refractivity contribution in [3.63, 3.8) is 0 Å². The molecule has 0 bridgehead atoms. The van der Waals surface area contributed by atoms with E-state index >= 15 is 0 Å². The first-order chi connectivity index (χ1) is 6.36. The second kappa shape index (κ2) is 2.84. The third-order valence-electron chi connectivity index (χ3n) is 3.25. The van der Waals surface area contributed by atoms with Gasteiger partial charge >= 0.3 is 0 Å². The molecule has 3 rings (SSSR count). The molecule has 2 aliphatic rings. The van der Waals surface area contributed by atoms with Crippen molar-refractivity contribution < 1.29 is 0 Å². The molecule has 0 heterocycles. The molecule has 0 aliphatic heterocycles. The molecule has 0 N–H and O–H groups in total. The number of hydrogen-bond donors (Lipinski definition) is 0. The number of halogens is 1. The van der Waals surface area contributed by atoms with Gasteiger partial charge in [-0.15, -0.1) is 0 Å². The Balaban J connectivity index is 2.11. The highest BCUT2D eigenvalue weighted by atomic mass is 79.9. The Bertz CT molecular complexity index is 339. The summed E-state index contributed by atoms with van der Waals surface area (Å²) in [6.07, 6.45) is 5.42.